The van der Waals surface area contributed by atoms with Crippen LogP contribution in [0, 0.1) is 19.7 Å². The topological polar surface area (TPSA) is 92.1 Å². The third-order valence-corrected chi connectivity index (χ3v) is 5.73. The molecule has 0 saturated heterocycles. The Morgan fingerprint density at radius 1 is 1.27 bits per heavy atom. The van der Waals surface area contributed by atoms with E-state index in [4.69, 9.17) is 0 Å². The number of nitrogens with one attached hydrogen (secondary N) is 2. The highest BCUT2D eigenvalue weighted by Crippen LogP contribution is 2.37. The lowest BCUT2D eigenvalue weighted by Gasteiger charge is -2.17. The minimum atomic E-state index is -0.780. The molecule has 1 aliphatic heterocycles. The molecule has 0 fully saturated rings. The molecule has 0 spiro atoms. The van der Waals surface area contributed by atoms with Gasteiger partial charge in [-0.05, 0) is 58.7 Å². The van der Waals surface area contributed by atoms with E-state index in [0.29, 0.717) is 52.6 Å². The quantitative estimate of drug-likeness (QED) is 0.476. The number of anilines is 2. The molecular formula is C25H28FN5O2. The molecule has 0 bridgehead atoms. The van der Waals surface area contributed by atoms with Crippen molar-refractivity contribution in [3.8, 4) is 11.3 Å². The van der Waals surface area contributed by atoms with Crippen LogP contribution in [0.15, 0.2) is 42.2 Å². The molecule has 3 heterocycles. The van der Waals surface area contributed by atoms with E-state index in [-0.39, 0.29) is 11.7 Å². The van der Waals surface area contributed by atoms with E-state index in [1.165, 1.54) is 6.07 Å². The summed E-state index contributed by atoms with van der Waals surface area (Å²) in [4.78, 5) is 17.1. The van der Waals surface area contributed by atoms with Gasteiger partial charge >= 0.3 is 0 Å². The van der Waals surface area contributed by atoms with Crippen LogP contribution in [-0.4, -0.2) is 31.4 Å². The number of halogens is 1. The number of aliphatic hydroxyl groups is 1. The average Bonchev–Trinajstić information content (AvgIpc) is 3.23. The number of hydrogen-bond donors (Lipinski definition) is 3. The van der Waals surface area contributed by atoms with Crippen molar-refractivity contribution < 1.29 is 14.3 Å². The highest BCUT2D eigenvalue weighted by molar-refractivity contribution is 6.32. The molecule has 3 aromatic rings. The second-order valence-corrected chi connectivity index (χ2v) is 9.08. The summed E-state index contributed by atoms with van der Waals surface area (Å²) in [7, 11) is 0. The summed E-state index contributed by atoms with van der Waals surface area (Å²) in [5.74, 6) is -0.00158. The fourth-order valence-corrected chi connectivity index (χ4v) is 3.97. The highest BCUT2D eigenvalue weighted by atomic mass is 19.1. The molecular weight excluding hydrogens is 421 g/mol. The molecule has 0 atom stereocenters. The maximum atomic E-state index is 14.5. The largest absolute Gasteiger partial charge is 0.390 e. The monoisotopic (exact) mass is 449 g/mol. The predicted molar refractivity (Wildman–Crippen MR) is 127 cm³/mol. The van der Waals surface area contributed by atoms with Gasteiger partial charge in [0.05, 0.1) is 28.8 Å². The zero-order chi connectivity index (χ0) is 23.9. The van der Waals surface area contributed by atoms with Crippen molar-refractivity contribution in [3.63, 3.8) is 0 Å². The standard InChI is InChI=1S/C25H28FN5O2/c1-14-7-6-8-18(26)22(14)19-12-17-20(13-27-19)29-24(32)23(17)16(3)28-21-11-15(2)31(30-21)10-9-25(4,5)33/h6-8,11-13,33H,9-10H2,1-5H3,(H,28,30)(H,29,32)/b23-16-. The van der Waals surface area contributed by atoms with E-state index in [2.05, 4.69) is 20.7 Å². The summed E-state index contributed by atoms with van der Waals surface area (Å²) in [6.07, 6.45) is 2.13. The number of fused-ring (bicyclic) bond motifs is 1. The number of amides is 1. The van der Waals surface area contributed by atoms with Crippen molar-refractivity contribution in [3.05, 3.63) is 64.9 Å². The number of nitrogens with zero attached hydrogens (tertiary/aromatic N) is 3. The molecule has 0 aliphatic carbocycles. The van der Waals surface area contributed by atoms with E-state index >= 15 is 0 Å². The summed E-state index contributed by atoms with van der Waals surface area (Å²) >= 11 is 0. The number of carbonyl (C=O) groups excluding carboxylic acids is 1. The van der Waals surface area contributed by atoms with Gasteiger partial charge in [0.2, 0.25) is 0 Å². The lowest BCUT2D eigenvalue weighted by atomic mass is 10.00. The number of carbonyl (C=O) groups is 1. The number of benzene rings is 1. The van der Waals surface area contributed by atoms with Crippen molar-refractivity contribution in [1.82, 2.24) is 14.8 Å². The van der Waals surface area contributed by atoms with Crippen molar-refractivity contribution in [1.29, 1.82) is 0 Å². The minimum Gasteiger partial charge on any atom is -0.390 e. The SMILES string of the molecule is C/C(Nc1cc(C)n(CCC(C)(C)O)n1)=C1/C(=O)Nc2cnc(-c3c(C)cccc3F)cc21. The third kappa shape index (κ3) is 4.66. The molecule has 4 rings (SSSR count). The summed E-state index contributed by atoms with van der Waals surface area (Å²) in [6, 6.07) is 8.53. The van der Waals surface area contributed by atoms with Crippen LogP contribution >= 0.6 is 0 Å². The Kier molecular flexibility index (Phi) is 5.80. The highest BCUT2D eigenvalue weighted by Gasteiger charge is 2.28. The molecule has 7 nitrogen and oxygen atoms in total. The maximum absolute atomic E-state index is 14.5. The Morgan fingerprint density at radius 2 is 2.03 bits per heavy atom. The predicted octanol–water partition coefficient (Wildman–Crippen LogP) is 4.66. The van der Waals surface area contributed by atoms with Gasteiger partial charge in [-0.15, -0.1) is 0 Å². The molecule has 8 heteroatoms. The lowest BCUT2D eigenvalue weighted by Crippen LogP contribution is -2.21. The smallest absolute Gasteiger partial charge is 0.258 e. The molecule has 172 valence electrons. The fourth-order valence-electron chi connectivity index (χ4n) is 3.97. The number of aromatic nitrogens is 3. The minimum absolute atomic E-state index is 0.252. The van der Waals surface area contributed by atoms with Gasteiger partial charge in [-0.3, -0.25) is 14.5 Å². The number of rotatable bonds is 6. The van der Waals surface area contributed by atoms with E-state index in [1.807, 2.05) is 37.6 Å². The zero-order valence-electron chi connectivity index (χ0n) is 19.5. The molecule has 1 aromatic carbocycles. The number of aryl methyl sites for hydroxylation is 3. The Balaban J connectivity index is 1.67. The van der Waals surface area contributed by atoms with Crippen molar-refractivity contribution in [2.24, 2.45) is 0 Å². The average molecular weight is 450 g/mol. The van der Waals surface area contributed by atoms with Crippen LogP contribution in [0.1, 0.15) is 44.0 Å². The van der Waals surface area contributed by atoms with Crippen molar-refractivity contribution in [2.75, 3.05) is 10.6 Å². The zero-order valence-corrected chi connectivity index (χ0v) is 19.5. The fraction of sp³-hybridized carbons (Fsp3) is 0.320. The Hall–Kier alpha value is -3.52. The van der Waals surface area contributed by atoms with Gasteiger partial charge in [0.15, 0.2) is 5.82 Å². The molecule has 33 heavy (non-hydrogen) atoms. The molecule has 0 unspecified atom stereocenters. The lowest BCUT2D eigenvalue weighted by molar-refractivity contribution is -0.110. The van der Waals surface area contributed by atoms with Crippen LogP contribution in [0.2, 0.25) is 0 Å². The summed E-state index contributed by atoms with van der Waals surface area (Å²) in [5, 5.41) is 20.6. The van der Waals surface area contributed by atoms with Crippen LogP contribution < -0.4 is 10.6 Å². The first-order chi connectivity index (χ1) is 15.5. The van der Waals surface area contributed by atoms with E-state index in [9.17, 15) is 14.3 Å². The third-order valence-electron chi connectivity index (χ3n) is 5.73. The Morgan fingerprint density at radius 3 is 2.73 bits per heavy atom. The van der Waals surface area contributed by atoms with Gasteiger partial charge in [-0.2, -0.15) is 5.10 Å². The second-order valence-electron chi connectivity index (χ2n) is 9.08. The first-order valence-electron chi connectivity index (χ1n) is 10.9. The van der Waals surface area contributed by atoms with Gasteiger partial charge in [-0.1, -0.05) is 12.1 Å². The van der Waals surface area contributed by atoms with Crippen LogP contribution in [0.5, 0.6) is 0 Å². The van der Waals surface area contributed by atoms with Crippen LogP contribution in [0.25, 0.3) is 16.8 Å². The molecule has 1 aliphatic rings. The van der Waals surface area contributed by atoms with Gasteiger partial charge in [0.25, 0.3) is 5.91 Å². The summed E-state index contributed by atoms with van der Waals surface area (Å²) < 4.78 is 16.3. The first kappa shape index (κ1) is 22.7. The molecule has 2 aromatic heterocycles. The summed E-state index contributed by atoms with van der Waals surface area (Å²) in [5.41, 5.74) is 4.16. The van der Waals surface area contributed by atoms with Gasteiger partial charge in [0.1, 0.15) is 5.82 Å². The molecule has 0 radical (unpaired) electrons. The first-order valence-corrected chi connectivity index (χ1v) is 10.9. The maximum Gasteiger partial charge on any atom is 0.258 e. The molecule has 1 amide bonds. The Bertz CT molecular complexity index is 1250. The normalized spacial score (nSPS) is 14.8. The van der Waals surface area contributed by atoms with Crippen LogP contribution in [0.4, 0.5) is 15.9 Å². The number of allylic oxidation sites excluding steroid dienone is 1. The Labute approximate surface area is 192 Å². The van der Waals surface area contributed by atoms with Gasteiger partial charge in [-0.25, -0.2) is 4.39 Å². The van der Waals surface area contributed by atoms with Crippen LogP contribution in [-0.2, 0) is 11.3 Å². The molecule has 3 N–H and O–H groups in total. The van der Waals surface area contributed by atoms with Crippen LogP contribution in [0.3, 0.4) is 0 Å². The van der Waals surface area contributed by atoms with E-state index in [0.717, 1.165) is 11.3 Å². The summed E-state index contributed by atoms with van der Waals surface area (Å²) in [6.45, 7) is 9.69. The van der Waals surface area contributed by atoms with E-state index < -0.39 is 5.60 Å². The molecule has 0 saturated carbocycles. The number of hydrogen-bond acceptors (Lipinski definition) is 5. The van der Waals surface area contributed by atoms with E-state index in [1.54, 1.807) is 32.2 Å². The van der Waals surface area contributed by atoms with Gasteiger partial charge < -0.3 is 15.7 Å². The van der Waals surface area contributed by atoms with Crippen molar-refractivity contribution in [2.45, 2.75) is 53.2 Å². The number of pyridine rings is 1. The van der Waals surface area contributed by atoms with Gasteiger partial charge in [0, 0.05) is 35.1 Å². The second kappa shape index (κ2) is 8.44. The van der Waals surface area contributed by atoms with Crippen molar-refractivity contribution >= 4 is 23.0 Å².